The summed E-state index contributed by atoms with van der Waals surface area (Å²) in [7, 11) is 1.66. The largest absolute Gasteiger partial charge is 0.497 e. The van der Waals surface area contributed by atoms with Crippen molar-refractivity contribution in [2.75, 3.05) is 7.11 Å². The molecule has 134 valence electrons. The molecular weight excluding hydrogens is 328 g/mol. The number of hydrogen-bond acceptors (Lipinski definition) is 3. The van der Waals surface area contributed by atoms with Gasteiger partial charge in [0.1, 0.15) is 5.75 Å². The minimum absolute atomic E-state index is 0.164. The monoisotopic (exact) mass is 350 g/mol. The van der Waals surface area contributed by atoms with Crippen LogP contribution in [0.2, 0.25) is 0 Å². The Labute approximate surface area is 152 Å². The van der Waals surface area contributed by atoms with Gasteiger partial charge in [-0.3, -0.25) is 0 Å². The fourth-order valence-corrected chi connectivity index (χ4v) is 3.50. The van der Waals surface area contributed by atoms with E-state index in [0.717, 1.165) is 41.7 Å². The van der Waals surface area contributed by atoms with E-state index in [1.807, 2.05) is 48.7 Å². The van der Waals surface area contributed by atoms with Gasteiger partial charge in [-0.25, -0.2) is 9.31 Å². The number of carbonyl (C=O) groups excluding carboxylic acids is 1. The number of hydrogen-bond donors (Lipinski definition) is 2. The maximum Gasteiger partial charge on any atom is 0.315 e. The van der Waals surface area contributed by atoms with E-state index < -0.39 is 0 Å². The molecule has 0 radical (unpaired) electrons. The standard InChI is InChI=1S/C20H22N4O2/c1-26-17-7-4-6-16(12-17)20(9-5-10-20)23-19(25)21-13-15-14-22-24-11-3-2-8-18(15)24/h2-4,6-8,11-12,14H,5,9-10,13H2,1H3,(H2,21,23,25). The molecule has 0 saturated heterocycles. The van der Waals surface area contributed by atoms with Crippen LogP contribution >= 0.6 is 0 Å². The molecule has 0 aliphatic heterocycles. The lowest BCUT2D eigenvalue weighted by molar-refractivity contribution is 0.177. The highest BCUT2D eigenvalue weighted by Gasteiger charge is 2.40. The second kappa shape index (κ2) is 6.71. The smallest absolute Gasteiger partial charge is 0.315 e. The average Bonchev–Trinajstić information content (AvgIpc) is 3.06. The van der Waals surface area contributed by atoms with Gasteiger partial charge in [-0.1, -0.05) is 18.2 Å². The van der Waals surface area contributed by atoms with Gasteiger partial charge in [0.15, 0.2) is 0 Å². The topological polar surface area (TPSA) is 67.7 Å². The summed E-state index contributed by atoms with van der Waals surface area (Å²) in [4.78, 5) is 12.5. The number of methoxy groups -OCH3 is 1. The molecule has 6 heteroatoms. The van der Waals surface area contributed by atoms with E-state index in [-0.39, 0.29) is 11.6 Å². The Morgan fingerprint density at radius 3 is 2.92 bits per heavy atom. The Hall–Kier alpha value is -3.02. The molecule has 4 rings (SSSR count). The van der Waals surface area contributed by atoms with Gasteiger partial charge in [-0.2, -0.15) is 5.10 Å². The van der Waals surface area contributed by atoms with Crippen molar-refractivity contribution in [3.05, 3.63) is 66.0 Å². The summed E-state index contributed by atoms with van der Waals surface area (Å²) in [5.74, 6) is 0.808. The number of amides is 2. The van der Waals surface area contributed by atoms with Crippen molar-refractivity contribution in [3.8, 4) is 5.75 Å². The molecule has 0 unspecified atom stereocenters. The Morgan fingerprint density at radius 2 is 2.15 bits per heavy atom. The number of ether oxygens (including phenoxy) is 1. The average molecular weight is 350 g/mol. The zero-order chi connectivity index (χ0) is 18.0. The molecule has 3 aromatic rings. The fourth-order valence-electron chi connectivity index (χ4n) is 3.50. The van der Waals surface area contributed by atoms with Crippen molar-refractivity contribution in [1.82, 2.24) is 20.2 Å². The maximum atomic E-state index is 12.5. The third-order valence-corrected chi connectivity index (χ3v) is 5.13. The number of rotatable bonds is 5. The van der Waals surface area contributed by atoms with Crippen molar-refractivity contribution in [3.63, 3.8) is 0 Å². The van der Waals surface area contributed by atoms with Gasteiger partial charge in [-0.15, -0.1) is 0 Å². The first kappa shape index (κ1) is 16.4. The first-order chi connectivity index (χ1) is 12.7. The van der Waals surface area contributed by atoms with Crippen LogP contribution in [-0.2, 0) is 12.1 Å². The highest BCUT2D eigenvalue weighted by Crippen LogP contribution is 2.42. The Balaban J connectivity index is 1.44. The lowest BCUT2D eigenvalue weighted by Crippen LogP contribution is -2.53. The van der Waals surface area contributed by atoms with Crippen LogP contribution < -0.4 is 15.4 Å². The summed E-state index contributed by atoms with van der Waals surface area (Å²) in [5, 5.41) is 10.4. The molecule has 2 aromatic heterocycles. The lowest BCUT2D eigenvalue weighted by Gasteiger charge is -2.43. The van der Waals surface area contributed by atoms with Gasteiger partial charge >= 0.3 is 6.03 Å². The van der Waals surface area contributed by atoms with E-state index in [2.05, 4.69) is 15.7 Å². The molecule has 6 nitrogen and oxygen atoms in total. The summed E-state index contributed by atoms with van der Waals surface area (Å²) in [5.41, 5.74) is 2.78. The van der Waals surface area contributed by atoms with Crippen LogP contribution in [0.15, 0.2) is 54.9 Å². The SMILES string of the molecule is COc1cccc(C2(NC(=O)NCc3cnn4ccccc34)CCC2)c1. The van der Waals surface area contributed by atoms with Crippen molar-refractivity contribution < 1.29 is 9.53 Å². The summed E-state index contributed by atoms with van der Waals surface area (Å²) < 4.78 is 7.13. The molecule has 1 aliphatic carbocycles. The van der Waals surface area contributed by atoms with E-state index >= 15 is 0 Å². The molecule has 0 atom stereocenters. The van der Waals surface area contributed by atoms with Crippen LogP contribution in [0.25, 0.3) is 5.52 Å². The number of nitrogens with one attached hydrogen (secondary N) is 2. The Bertz CT molecular complexity index is 930. The van der Waals surface area contributed by atoms with E-state index in [1.165, 1.54) is 0 Å². The molecule has 2 heterocycles. The number of urea groups is 1. The maximum absolute atomic E-state index is 12.5. The van der Waals surface area contributed by atoms with Gasteiger partial charge in [-0.05, 0) is 49.1 Å². The predicted molar refractivity (Wildman–Crippen MR) is 99.1 cm³/mol. The zero-order valence-corrected chi connectivity index (χ0v) is 14.7. The van der Waals surface area contributed by atoms with Crippen LogP contribution in [0.4, 0.5) is 4.79 Å². The third-order valence-electron chi connectivity index (χ3n) is 5.13. The molecule has 26 heavy (non-hydrogen) atoms. The molecule has 2 N–H and O–H groups in total. The molecule has 1 aliphatic rings. The van der Waals surface area contributed by atoms with Gasteiger partial charge < -0.3 is 15.4 Å². The fraction of sp³-hybridized carbons (Fsp3) is 0.300. The van der Waals surface area contributed by atoms with Crippen molar-refractivity contribution in [1.29, 1.82) is 0 Å². The summed E-state index contributed by atoms with van der Waals surface area (Å²) in [6.45, 7) is 0.438. The zero-order valence-electron chi connectivity index (χ0n) is 14.7. The van der Waals surface area contributed by atoms with Crippen LogP contribution in [0.1, 0.15) is 30.4 Å². The van der Waals surface area contributed by atoms with Gasteiger partial charge in [0.05, 0.1) is 24.4 Å². The van der Waals surface area contributed by atoms with Crippen molar-refractivity contribution in [2.24, 2.45) is 0 Å². The first-order valence-corrected chi connectivity index (χ1v) is 8.82. The van der Waals surface area contributed by atoms with Crippen LogP contribution in [0.5, 0.6) is 5.75 Å². The minimum Gasteiger partial charge on any atom is -0.497 e. The second-order valence-corrected chi connectivity index (χ2v) is 6.68. The van der Waals surface area contributed by atoms with Gasteiger partial charge in [0, 0.05) is 18.3 Å². The molecule has 1 aromatic carbocycles. The molecule has 0 bridgehead atoms. The molecule has 1 fully saturated rings. The molecular formula is C20H22N4O2. The van der Waals surface area contributed by atoms with E-state index in [1.54, 1.807) is 17.8 Å². The van der Waals surface area contributed by atoms with Crippen LogP contribution in [0, 0.1) is 0 Å². The van der Waals surface area contributed by atoms with Crippen LogP contribution in [-0.4, -0.2) is 22.8 Å². The molecule has 2 amide bonds. The number of benzene rings is 1. The highest BCUT2D eigenvalue weighted by molar-refractivity contribution is 5.75. The second-order valence-electron chi connectivity index (χ2n) is 6.68. The normalized spacial score (nSPS) is 15.3. The summed E-state index contributed by atoms with van der Waals surface area (Å²) in [6, 6.07) is 13.7. The number of aromatic nitrogens is 2. The van der Waals surface area contributed by atoms with E-state index in [9.17, 15) is 4.79 Å². The summed E-state index contributed by atoms with van der Waals surface area (Å²) in [6.07, 6.45) is 6.65. The molecule has 0 spiro atoms. The van der Waals surface area contributed by atoms with Crippen LogP contribution in [0.3, 0.4) is 0 Å². The van der Waals surface area contributed by atoms with Gasteiger partial charge in [0.2, 0.25) is 0 Å². The Morgan fingerprint density at radius 1 is 1.27 bits per heavy atom. The first-order valence-electron chi connectivity index (χ1n) is 8.82. The number of nitrogens with zero attached hydrogens (tertiary/aromatic N) is 2. The Kier molecular flexibility index (Phi) is 4.24. The number of carbonyl (C=O) groups is 1. The third kappa shape index (κ3) is 2.98. The number of pyridine rings is 1. The minimum atomic E-state index is -0.306. The van der Waals surface area contributed by atoms with Crippen molar-refractivity contribution >= 4 is 11.5 Å². The summed E-state index contributed by atoms with van der Waals surface area (Å²) >= 11 is 0. The molecule has 1 saturated carbocycles. The highest BCUT2D eigenvalue weighted by atomic mass is 16.5. The number of fused-ring (bicyclic) bond motifs is 1. The predicted octanol–water partition coefficient (Wildman–Crippen LogP) is 3.22. The quantitative estimate of drug-likeness (QED) is 0.742. The van der Waals surface area contributed by atoms with Crippen molar-refractivity contribution in [2.45, 2.75) is 31.3 Å². The lowest BCUT2D eigenvalue weighted by atomic mass is 9.72. The van der Waals surface area contributed by atoms with E-state index in [4.69, 9.17) is 4.74 Å². The van der Waals surface area contributed by atoms with E-state index in [0.29, 0.717) is 6.54 Å². The van der Waals surface area contributed by atoms with Gasteiger partial charge in [0.25, 0.3) is 0 Å².